The smallest absolute Gasteiger partial charge is 0.410 e. The molecule has 6 rings (SSSR count). The molecule has 0 N–H and O–H groups in total. The summed E-state index contributed by atoms with van der Waals surface area (Å²) in [7, 11) is 0.686. The molecule has 0 unspecified atom stereocenters. The number of halogens is 1. The van der Waals surface area contributed by atoms with Gasteiger partial charge in [-0.15, -0.1) is 0 Å². The SMILES string of the molecule is Cn1cc2c(Cl)c(-c3cn(COCC[Si](C)(C)C)c4nc(N5CCC6(CC5)CN(C(=O)OC(C)(C)C)C6)cnc34)ccc2n1. The van der Waals surface area contributed by atoms with E-state index in [4.69, 9.17) is 31.0 Å². The lowest BCUT2D eigenvalue weighted by Crippen LogP contribution is -2.62. The van der Waals surface area contributed by atoms with E-state index in [1.54, 1.807) is 4.68 Å². The molecular formula is C32H44ClN7O3Si. The van der Waals surface area contributed by atoms with Crippen LogP contribution in [0.4, 0.5) is 10.6 Å². The van der Waals surface area contributed by atoms with Crippen LogP contribution in [0.25, 0.3) is 33.2 Å². The number of aromatic nitrogens is 5. The number of nitrogens with zero attached hydrogens (tertiary/aromatic N) is 7. The minimum atomic E-state index is -1.21. The number of benzene rings is 1. The zero-order valence-electron chi connectivity index (χ0n) is 27.0. The Hall–Kier alpha value is -3.15. The van der Waals surface area contributed by atoms with Gasteiger partial charge in [0.25, 0.3) is 0 Å². The van der Waals surface area contributed by atoms with Gasteiger partial charge in [-0.2, -0.15) is 5.10 Å². The third kappa shape index (κ3) is 6.32. The Labute approximate surface area is 265 Å². The molecule has 0 atom stereocenters. The highest BCUT2D eigenvalue weighted by Gasteiger charge is 2.48. The van der Waals surface area contributed by atoms with Crippen LogP contribution in [0.5, 0.6) is 0 Å². The lowest BCUT2D eigenvalue weighted by atomic mass is 9.72. The molecule has 10 nitrogen and oxygen atoms in total. The van der Waals surface area contributed by atoms with Crippen molar-refractivity contribution in [3.05, 3.63) is 35.7 Å². The third-order valence-electron chi connectivity index (χ3n) is 8.66. The van der Waals surface area contributed by atoms with E-state index in [1.807, 2.05) is 57.2 Å². The highest BCUT2D eigenvalue weighted by molar-refractivity contribution is 6.76. The summed E-state index contributed by atoms with van der Waals surface area (Å²) in [5, 5.41) is 6.07. The fourth-order valence-corrected chi connectivity index (χ4v) is 7.23. The number of rotatable bonds is 7. The molecule has 0 aliphatic carbocycles. The lowest BCUT2D eigenvalue weighted by molar-refractivity contribution is -0.0434. The van der Waals surface area contributed by atoms with Gasteiger partial charge in [0.1, 0.15) is 23.7 Å². The standard InChI is InChI=1S/C32H44ClN7O3Si/c1-31(2,3)43-30(41)40-19-32(20-40)10-12-38(13-11-32)26-16-34-28-23(22-8-9-25-24(27(22)33)17-37(4)36-25)18-39(29(28)35-26)21-42-14-15-44(5,6)7/h8-9,16-18H,10-15,19-21H2,1-7H3. The van der Waals surface area contributed by atoms with E-state index in [9.17, 15) is 4.79 Å². The summed E-state index contributed by atoms with van der Waals surface area (Å²) in [6.07, 6.45) is 7.68. The summed E-state index contributed by atoms with van der Waals surface area (Å²) in [4.78, 5) is 26.8. The van der Waals surface area contributed by atoms with Gasteiger partial charge in [-0.3, -0.25) is 4.68 Å². The number of likely N-dealkylation sites (tertiary alicyclic amines) is 1. The maximum Gasteiger partial charge on any atom is 0.410 e. The average molecular weight is 638 g/mol. The van der Waals surface area contributed by atoms with Crippen molar-refractivity contribution in [3.63, 3.8) is 0 Å². The number of hydrogen-bond donors (Lipinski definition) is 0. The van der Waals surface area contributed by atoms with E-state index in [0.29, 0.717) is 11.8 Å². The normalized spacial score (nSPS) is 17.1. The van der Waals surface area contributed by atoms with Crippen LogP contribution in [0.15, 0.2) is 30.7 Å². The molecule has 0 bridgehead atoms. The summed E-state index contributed by atoms with van der Waals surface area (Å²) >= 11 is 6.96. The first-order valence-corrected chi connectivity index (χ1v) is 19.6. The second-order valence-electron chi connectivity index (χ2n) is 14.7. The van der Waals surface area contributed by atoms with Gasteiger partial charge in [-0.25, -0.2) is 14.8 Å². The van der Waals surface area contributed by atoms with Crippen molar-refractivity contribution in [2.24, 2.45) is 12.5 Å². The fourth-order valence-electron chi connectivity index (χ4n) is 6.16. The molecular weight excluding hydrogens is 594 g/mol. The molecule has 1 aromatic carbocycles. The molecule has 3 aromatic heterocycles. The van der Waals surface area contributed by atoms with Crippen molar-refractivity contribution in [3.8, 4) is 11.1 Å². The van der Waals surface area contributed by atoms with Gasteiger partial charge in [0.05, 0.1) is 16.7 Å². The monoisotopic (exact) mass is 637 g/mol. The van der Waals surface area contributed by atoms with Crippen LogP contribution in [0.1, 0.15) is 33.6 Å². The van der Waals surface area contributed by atoms with Crippen molar-refractivity contribution in [1.82, 2.24) is 29.2 Å². The Morgan fingerprint density at radius 3 is 2.50 bits per heavy atom. The van der Waals surface area contributed by atoms with E-state index < -0.39 is 13.7 Å². The number of aryl methyl sites for hydroxylation is 1. The average Bonchev–Trinajstić information content (AvgIpc) is 3.48. The lowest BCUT2D eigenvalue weighted by Gasteiger charge is -2.53. The number of piperidine rings is 1. The second-order valence-corrected chi connectivity index (χ2v) is 20.7. The van der Waals surface area contributed by atoms with Crippen LogP contribution in [-0.2, 0) is 23.3 Å². The summed E-state index contributed by atoms with van der Waals surface area (Å²) in [6, 6.07) is 5.11. The van der Waals surface area contributed by atoms with E-state index >= 15 is 0 Å². The maximum absolute atomic E-state index is 12.5. The molecule has 12 heteroatoms. The number of carbonyl (C=O) groups is 1. The van der Waals surface area contributed by atoms with Gasteiger partial charge >= 0.3 is 6.09 Å². The Kier molecular flexibility index (Phi) is 7.95. The molecule has 0 saturated carbocycles. The number of ether oxygens (including phenoxy) is 2. The van der Waals surface area contributed by atoms with Crippen molar-refractivity contribution in [2.45, 2.75) is 71.6 Å². The largest absolute Gasteiger partial charge is 0.444 e. The Morgan fingerprint density at radius 2 is 1.82 bits per heavy atom. The summed E-state index contributed by atoms with van der Waals surface area (Å²) in [5.41, 5.74) is 3.95. The number of anilines is 1. The Morgan fingerprint density at radius 1 is 1.09 bits per heavy atom. The van der Waals surface area contributed by atoms with Gasteiger partial charge in [-0.1, -0.05) is 37.3 Å². The first-order chi connectivity index (χ1) is 20.7. The molecule has 2 aliphatic heterocycles. The van der Waals surface area contributed by atoms with Crippen molar-refractivity contribution in [2.75, 3.05) is 37.7 Å². The molecule has 44 heavy (non-hydrogen) atoms. The molecule has 2 fully saturated rings. The number of amides is 1. The van der Waals surface area contributed by atoms with Crippen molar-refractivity contribution in [1.29, 1.82) is 0 Å². The molecule has 4 aromatic rings. The minimum absolute atomic E-state index is 0.157. The maximum atomic E-state index is 12.5. The van der Waals surface area contributed by atoms with Crippen molar-refractivity contribution < 1.29 is 14.3 Å². The molecule has 2 aliphatic rings. The fraction of sp³-hybridized carbons (Fsp3) is 0.562. The molecule has 236 valence electrons. The number of fused-ring (bicyclic) bond motifs is 2. The van der Waals surface area contributed by atoms with E-state index in [-0.39, 0.29) is 11.5 Å². The van der Waals surface area contributed by atoms with Crippen LogP contribution in [0.3, 0.4) is 0 Å². The van der Waals surface area contributed by atoms with Crippen LogP contribution in [0.2, 0.25) is 30.7 Å². The van der Waals surface area contributed by atoms with Gasteiger partial charge in [0.2, 0.25) is 0 Å². The van der Waals surface area contributed by atoms with Crippen molar-refractivity contribution >= 4 is 53.7 Å². The number of carbonyl (C=O) groups excluding carboxylic acids is 1. The summed E-state index contributed by atoms with van der Waals surface area (Å²) < 4.78 is 15.6. The summed E-state index contributed by atoms with van der Waals surface area (Å²) in [6.45, 7) is 17.1. The second kappa shape index (κ2) is 11.3. The quantitative estimate of drug-likeness (QED) is 0.163. The molecule has 1 amide bonds. The predicted octanol–water partition coefficient (Wildman–Crippen LogP) is 6.79. The molecule has 1 spiro atoms. The van der Waals surface area contributed by atoms with Gasteiger partial charge in [-0.05, 0) is 45.7 Å². The highest BCUT2D eigenvalue weighted by Crippen LogP contribution is 2.42. The van der Waals surface area contributed by atoms with Crippen LogP contribution < -0.4 is 4.90 Å². The van der Waals surface area contributed by atoms with E-state index in [2.05, 4.69) is 40.4 Å². The summed E-state index contributed by atoms with van der Waals surface area (Å²) in [5.74, 6) is 0.859. The first-order valence-electron chi connectivity index (χ1n) is 15.5. The predicted molar refractivity (Wildman–Crippen MR) is 178 cm³/mol. The van der Waals surface area contributed by atoms with Crippen LogP contribution in [0, 0.1) is 5.41 Å². The third-order valence-corrected chi connectivity index (χ3v) is 10.8. The highest BCUT2D eigenvalue weighted by atomic mass is 35.5. The van der Waals surface area contributed by atoms with E-state index in [0.717, 1.165) is 90.7 Å². The molecule has 2 saturated heterocycles. The Bertz CT molecular complexity index is 1690. The van der Waals surface area contributed by atoms with E-state index in [1.165, 1.54) is 0 Å². The molecule has 5 heterocycles. The van der Waals surface area contributed by atoms with Gasteiger partial charge in [0, 0.05) is 82.2 Å². The Balaban J connectivity index is 1.23. The van der Waals surface area contributed by atoms with Crippen LogP contribution >= 0.6 is 11.6 Å². The van der Waals surface area contributed by atoms with Crippen LogP contribution in [-0.4, -0.2) is 81.8 Å². The number of hydrogen-bond acceptors (Lipinski definition) is 7. The minimum Gasteiger partial charge on any atom is -0.444 e. The first kappa shape index (κ1) is 30.9. The molecule has 0 radical (unpaired) electrons. The zero-order chi connectivity index (χ0) is 31.4. The topological polar surface area (TPSA) is 90.5 Å². The zero-order valence-corrected chi connectivity index (χ0v) is 28.7. The van der Waals surface area contributed by atoms with Gasteiger partial charge < -0.3 is 23.8 Å². The van der Waals surface area contributed by atoms with Gasteiger partial charge in [0.15, 0.2) is 5.65 Å².